The molecule has 2 heterocycles. The lowest BCUT2D eigenvalue weighted by molar-refractivity contribution is 0.304. The summed E-state index contributed by atoms with van der Waals surface area (Å²) < 4.78 is 2.08. The fourth-order valence-electron chi connectivity index (χ4n) is 2.62. The van der Waals surface area contributed by atoms with Crippen molar-refractivity contribution in [3.63, 3.8) is 0 Å². The van der Waals surface area contributed by atoms with Crippen molar-refractivity contribution < 1.29 is 0 Å². The molecule has 2 atom stereocenters. The van der Waals surface area contributed by atoms with E-state index in [-0.39, 0.29) is 0 Å². The Morgan fingerprint density at radius 1 is 1.53 bits per heavy atom. The predicted octanol–water partition coefficient (Wildman–Crippen LogP) is 1.86. The van der Waals surface area contributed by atoms with Gasteiger partial charge in [-0.15, -0.1) is 0 Å². The lowest BCUT2D eigenvalue weighted by Gasteiger charge is -2.27. The van der Waals surface area contributed by atoms with Crippen LogP contribution >= 0.6 is 0 Å². The van der Waals surface area contributed by atoms with Gasteiger partial charge in [-0.25, -0.2) is 9.67 Å². The number of nitrogens with zero attached hydrogens (tertiary/aromatic N) is 3. The minimum Gasteiger partial charge on any atom is -0.314 e. The number of nitrogens with one attached hydrogen (secondary N) is 1. The van der Waals surface area contributed by atoms with Crippen molar-refractivity contribution in [1.82, 2.24) is 20.1 Å². The third-order valence-electron chi connectivity index (χ3n) is 3.44. The van der Waals surface area contributed by atoms with Crippen LogP contribution in [-0.4, -0.2) is 27.4 Å². The van der Waals surface area contributed by atoms with Crippen molar-refractivity contribution in [2.24, 2.45) is 11.8 Å². The van der Waals surface area contributed by atoms with Gasteiger partial charge in [0.15, 0.2) is 0 Å². The standard InChI is InChI=1S/C13H24N4/c1-10(2)8-17-13(15-9-16-17)7-12-4-5-14-11(3)6-12/h9-12,14H,4-8H2,1-3H3. The van der Waals surface area contributed by atoms with Gasteiger partial charge in [-0.2, -0.15) is 5.10 Å². The monoisotopic (exact) mass is 236 g/mol. The molecule has 96 valence electrons. The Balaban J connectivity index is 1.95. The van der Waals surface area contributed by atoms with Crippen LogP contribution in [0.5, 0.6) is 0 Å². The molecule has 1 aliphatic rings. The quantitative estimate of drug-likeness (QED) is 0.868. The van der Waals surface area contributed by atoms with E-state index < -0.39 is 0 Å². The Labute approximate surface area is 104 Å². The molecule has 0 aromatic carbocycles. The Kier molecular flexibility index (Phi) is 4.15. The van der Waals surface area contributed by atoms with E-state index in [9.17, 15) is 0 Å². The summed E-state index contributed by atoms with van der Waals surface area (Å²) in [5.74, 6) is 2.56. The molecule has 1 saturated heterocycles. The number of hydrogen-bond acceptors (Lipinski definition) is 3. The summed E-state index contributed by atoms with van der Waals surface area (Å²) in [7, 11) is 0. The summed E-state index contributed by atoms with van der Waals surface area (Å²) in [6.07, 6.45) is 5.30. The van der Waals surface area contributed by atoms with E-state index in [4.69, 9.17) is 0 Å². The van der Waals surface area contributed by atoms with Gasteiger partial charge in [0, 0.05) is 19.0 Å². The molecule has 1 aliphatic heterocycles. The van der Waals surface area contributed by atoms with Gasteiger partial charge in [0.2, 0.25) is 0 Å². The average Bonchev–Trinajstić information content (AvgIpc) is 2.65. The Hall–Kier alpha value is -0.900. The SMILES string of the molecule is CC(C)Cn1ncnc1CC1CCNC(C)C1. The van der Waals surface area contributed by atoms with E-state index in [1.165, 1.54) is 12.8 Å². The molecule has 1 N–H and O–H groups in total. The molecule has 0 aliphatic carbocycles. The Morgan fingerprint density at radius 3 is 3.06 bits per heavy atom. The van der Waals surface area contributed by atoms with E-state index in [0.29, 0.717) is 12.0 Å². The first-order chi connectivity index (χ1) is 8.15. The highest BCUT2D eigenvalue weighted by atomic mass is 15.3. The van der Waals surface area contributed by atoms with E-state index in [0.717, 1.165) is 31.3 Å². The van der Waals surface area contributed by atoms with Gasteiger partial charge in [-0.05, 0) is 38.1 Å². The lowest BCUT2D eigenvalue weighted by atomic mass is 9.90. The second-order valence-corrected chi connectivity index (χ2v) is 5.70. The Morgan fingerprint density at radius 2 is 2.35 bits per heavy atom. The summed E-state index contributed by atoms with van der Waals surface area (Å²) in [6, 6.07) is 0.648. The molecule has 0 saturated carbocycles. The molecular weight excluding hydrogens is 212 g/mol. The van der Waals surface area contributed by atoms with Crippen molar-refractivity contribution in [2.45, 2.75) is 52.6 Å². The molecule has 17 heavy (non-hydrogen) atoms. The second kappa shape index (κ2) is 5.63. The predicted molar refractivity (Wildman–Crippen MR) is 68.8 cm³/mol. The maximum absolute atomic E-state index is 4.42. The maximum atomic E-state index is 4.42. The normalized spacial score (nSPS) is 25.4. The number of hydrogen-bond donors (Lipinski definition) is 1. The topological polar surface area (TPSA) is 42.7 Å². The van der Waals surface area contributed by atoms with E-state index in [1.54, 1.807) is 6.33 Å². The number of aromatic nitrogens is 3. The van der Waals surface area contributed by atoms with Crippen molar-refractivity contribution >= 4 is 0 Å². The molecule has 1 fully saturated rings. The molecule has 4 heteroatoms. The largest absolute Gasteiger partial charge is 0.314 e. The zero-order valence-corrected chi connectivity index (χ0v) is 11.2. The molecular formula is C13H24N4. The minimum absolute atomic E-state index is 0.627. The molecule has 2 rings (SSSR count). The van der Waals surface area contributed by atoms with Crippen LogP contribution in [-0.2, 0) is 13.0 Å². The third-order valence-corrected chi connectivity index (χ3v) is 3.44. The van der Waals surface area contributed by atoms with Gasteiger partial charge in [0.1, 0.15) is 12.2 Å². The molecule has 0 radical (unpaired) electrons. The van der Waals surface area contributed by atoms with Gasteiger partial charge >= 0.3 is 0 Å². The first kappa shape index (κ1) is 12.6. The van der Waals surface area contributed by atoms with Crippen LogP contribution in [0.1, 0.15) is 39.4 Å². The first-order valence-corrected chi connectivity index (χ1v) is 6.75. The maximum Gasteiger partial charge on any atom is 0.138 e. The van der Waals surface area contributed by atoms with Gasteiger partial charge in [-0.3, -0.25) is 0 Å². The van der Waals surface area contributed by atoms with E-state index in [2.05, 4.69) is 40.9 Å². The van der Waals surface area contributed by atoms with Gasteiger partial charge < -0.3 is 5.32 Å². The van der Waals surface area contributed by atoms with E-state index >= 15 is 0 Å². The number of piperidine rings is 1. The molecule has 0 amide bonds. The summed E-state index contributed by atoms with van der Waals surface area (Å²) in [6.45, 7) is 8.83. The fourth-order valence-corrected chi connectivity index (χ4v) is 2.62. The van der Waals surface area contributed by atoms with Crippen molar-refractivity contribution in [3.8, 4) is 0 Å². The second-order valence-electron chi connectivity index (χ2n) is 5.70. The summed E-state index contributed by atoms with van der Waals surface area (Å²) >= 11 is 0. The van der Waals surface area contributed by atoms with Crippen LogP contribution in [0, 0.1) is 11.8 Å². The van der Waals surface area contributed by atoms with E-state index in [1.807, 2.05) is 0 Å². The van der Waals surface area contributed by atoms with Gasteiger partial charge in [0.25, 0.3) is 0 Å². The summed E-state index contributed by atoms with van der Waals surface area (Å²) in [5.41, 5.74) is 0. The lowest BCUT2D eigenvalue weighted by Crippen LogP contribution is -2.36. The zero-order chi connectivity index (χ0) is 12.3. The van der Waals surface area contributed by atoms with Gasteiger partial charge in [0.05, 0.1) is 0 Å². The molecule has 1 aromatic heterocycles. The smallest absolute Gasteiger partial charge is 0.138 e. The average molecular weight is 236 g/mol. The summed E-state index contributed by atoms with van der Waals surface area (Å²) in [4.78, 5) is 4.42. The fraction of sp³-hybridized carbons (Fsp3) is 0.846. The highest BCUT2D eigenvalue weighted by Gasteiger charge is 2.20. The molecule has 0 bridgehead atoms. The summed E-state index contributed by atoms with van der Waals surface area (Å²) in [5, 5.41) is 7.83. The molecule has 4 nitrogen and oxygen atoms in total. The van der Waals surface area contributed by atoms with Crippen molar-refractivity contribution in [2.75, 3.05) is 6.54 Å². The van der Waals surface area contributed by atoms with Crippen molar-refractivity contribution in [3.05, 3.63) is 12.2 Å². The number of rotatable bonds is 4. The van der Waals surface area contributed by atoms with Crippen LogP contribution in [0.2, 0.25) is 0 Å². The molecule has 0 spiro atoms. The molecule has 1 aromatic rings. The zero-order valence-electron chi connectivity index (χ0n) is 11.2. The van der Waals surface area contributed by atoms with Crippen molar-refractivity contribution in [1.29, 1.82) is 0 Å². The minimum atomic E-state index is 0.627. The van der Waals surface area contributed by atoms with Crippen LogP contribution < -0.4 is 5.32 Å². The highest BCUT2D eigenvalue weighted by Crippen LogP contribution is 2.20. The first-order valence-electron chi connectivity index (χ1n) is 6.75. The molecule has 2 unspecified atom stereocenters. The van der Waals surface area contributed by atoms with Crippen LogP contribution in [0.4, 0.5) is 0 Å². The third kappa shape index (κ3) is 3.53. The van der Waals surface area contributed by atoms with Gasteiger partial charge in [-0.1, -0.05) is 13.8 Å². The van der Waals surface area contributed by atoms with Crippen LogP contribution in [0.15, 0.2) is 6.33 Å². The van der Waals surface area contributed by atoms with Crippen LogP contribution in [0.3, 0.4) is 0 Å². The van der Waals surface area contributed by atoms with Crippen LogP contribution in [0.25, 0.3) is 0 Å². The highest BCUT2D eigenvalue weighted by molar-refractivity contribution is 4.90. The Bertz CT molecular complexity index is 345.